The molecule has 2 aromatic carbocycles. The normalized spacial score (nSPS) is 15.4. The third-order valence-electron chi connectivity index (χ3n) is 7.12. The Bertz CT molecular complexity index is 1320. The number of imidazole rings is 1. The number of H-pyrrole nitrogens is 1. The van der Waals surface area contributed by atoms with E-state index in [4.69, 9.17) is 21.3 Å². The van der Waals surface area contributed by atoms with Crippen molar-refractivity contribution >= 4 is 39.5 Å². The summed E-state index contributed by atoms with van der Waals surface area (Å²) in [5, 5.41) is 1.74. The SMILES string of the molecule is COC(=O)c1ccc2nc(-c3cccc4c3c(Cl)cn4CCCCC3CCN(C)CC3)[nH]c2c1. The minimum absolute atomic E-state index is 0.365. The Morgan fingerprint density at radius 1 is 1.21 bits per heavy atom. The van der Waals surface area contributed by atoms with Gasteiger partial charge in [-0.15, -0.1) is 0 Å². The summed E-state index contributed by atoms with van der Waals surface area (Å²) in [6, 6.07) is 11.6. The number of rotatable bonds is 7. The van der Waals surface area contributed by atoms with Crippen LogP contribution in [0.4, 0.5) is 0 Å². The van der Waals surface area contributed by atoms with E-state index in [9.17, 15) is 4.79 Å². The van der Waals surface area contributed by atoms with Crippen LogP contribution >= 0.6 is 11.6 Å². The summed E-state index contributed by atoms with van der Waals surface area (Å²) in [7, 11) is 3.60. The summed E-state index contributed by atoms with van der Waals surface area (Å²) in [6.07, 6.45) is 8.42. The van der Waals surface area contributed by atoms with Crippen molar-refractivity contribution in [3.63, 3.8) is 0 Å². The number of aromatic nitrogens is 3. The van der Waals surface area contributed by atoms with E-state index >= 15 is 0 Å². The van der Waals surface area contributed by atoms with Gasteiger partial charge in [0.15, 0.2) is 0 Å². The molecule has 0 bridgehead atoms. The zero-order valence-corrected chi connectivity index (χ0v) is 20.6. The fourth-order valence-electron chi connectivity index (χ4n) is 5.13. The highest BCUT2D eigenvalue weighted by Gasteiger charge is 2.18. The number of nitrogens with one attached hydrogen (secondary N) is 1. The van der Waals surface area contributed by atoms with Crippen LogP contribution in [0.5, 0.6) is 0 Å². The Kier molecular flexibility index (Phi) is 6.61. The molecule has 0 radical (unpaired) electrons. The smallest absolute Gasteiger partial charge is 0.337 e. The number of ether oxygens (including phenoxy) is 1. The molecule has 0 unspecified atom stereocenters. The number of nitrogens with zero attached hydrogens (tertiary/aromatic N) is 3. The summed E-state index contributed by atoms with van der Waals surface area (Å²) < 4.78 is 7.11. The first kappa shape index (κ1) is 22.9. The van der Waals surface area contributed by atoms with Crippen LogP contribution in [0.3, 0.4) is 0 Å². The molecule has 3 heterocycles. The second-order valence-corrected chi connectivity index (χ2v) is 9.83. The van der Waals surface area contributed by atoms with E-state index in [0.29, 0.717) is 5.56 Å². The lowest BCUT2D eigenvalue weighted by Crippen LogP contribution is -2.30. The minimum Gasteiger partial charge on any atom is -0.465 e. The lowest BCUT2D eigenvalue weighted by Gasteiger charge is -2.28. The van der Waals surface area contributed by atoms with Gasteiger partial charge in [0, 0.05) is 23.7 Å². The van der Waals surface area contributed by atoms with Crippen molar-refractivity contribution in [2.24, 2.45) is 5.92 Å². The van der Waals surface area contributed by atoms with Gasteiger partial charge in [-0.05, 0) is 69.6 Å². The van der Waals surface area contributed by atoms with Crippen LogP contribution in [0, 0.1) is 5.92 Å². The molecule has 4 aromatic rings. The Labute approximate surface area is 204 Å². The van der Waals surface area contributed by atoms with Crippen molar-refractivity contribution in [1.82, 2.24) is 19.4 Å². The van der Waals surface area contributed by atoms with Crippen molar-refractivity contribution < 1.29 is 9.53 Å². The first-order valence-electron chi connectivity index (χ1n) is 12.1. The predicted octanol–water partition coefficient (Wildman–Crippen LogP) is 6.14. The van der Waals surface area contributed by atoms with E-state index in [1.54, 1.807) is 12.1 Å². The zero-order chi connectivity index (χ0) is 23.7. The van der Waals surface area contributed by atoms with Crippen LogP contribution in [-0.2, 0) is 11.3 Å². The van der Waals surface area contributed by atoms with Gasteiger partial charge in [-0.1, -0.05) is 36.6 Å². The van der Waals surface area contributed by atoms with E-state index < -0.39 is 0 Å². The van der Waals surface area contributed by atoms with Crippen molar-refractivity contribution in [1.29, 1.82) is 0 Å². The molecule has 178 valence electrons. The fourth-order valence-corrected chi connectivity index (χ4v) is 5.45. The summed E-state index contributed by atoms with van der Waals surface area (Å²) in [5.74, 6) is 1.25. The molecule has 34 heavy (non-hydrogen) atoms. The second kappa shape index (κ2) is 9.80. The molecule has 7 heteroatoms. The molecule has 6 nitrogen and oxygen atoms in total. The Morgan fingerprint density at radius 2 is 2.03 bits per heavy atom. The van der Waals surface area contributed by atoms with E-state index in [0.717, 1.165) is 57.2 Å². The molecule has 2 aromatic heterocycles. The number of carbonyl (C=O) groups excluding carboxylic acids is 1. The molecule has 1 N–H and O–H groups in total. The molecule has 0 aliphatic carbocycles. The molecule has 0 spiro atoms. The molecule has 1 fully saturated rings. The quantitative estimate of drug-likeness (QED) is 0.256. The minimum atomic E-state index is -0.365. The number of aromatic amines is 1. The largest absolute Gasteiger partial charge is 0.465 e. The van der Waals surface area contributed by atoms with E-state index in [2.05, 4.69) is 33.6 Å². The zero-order valence-electron chi connectivity index (χ0n) is 19.8. The molecule has 5 rings (SSSR count). The second-order valence-electron chi connectivity index (χ2n) is 9.42. The molecule has 1 saturated heterocycles. The number of esters is 1. The lowest BCUT2D eigenvalue weighted by atomic mass is 9.92. The molecular weight excluding hydrogens is 448 g/mol. The van der Waals surface area contributed by atoms with Gasteiger partial charge >= 0.3 is 5.97 Å². The summed E-state index contributed by atoms with van der Waals surface area (Å²) >= 11 is 6.74. The maximum atomic E-state index is 11.9. The van der Waals surface area contributed by atoms with Gasteiger partial charge < -0.3 is 19.2 Å². The van der Waals surface area contributed by atoms with Gasteiger partial charge in [0.2, 0.25) is 0 Å². The highest BCUT2D eigenvalue weighted by Crippen LogP contribution is 2.35. The van der Waals surface area contributed by atoms with Gasteiger partial charge in [-0.2, -0.15) is 0 Å². The van der Waals surface area contributed by atoms with Crippen LogP contribution in [0.25, 0.3) is 33.3 Å². The Balaban J connectivity index is 1.35. The van der Waals surface area contributed by atoms with E-state index in [1.807, 2.05) is 18.3 Å². The van der Waals surface area contributed by atoms with Gasteiger partial charge in [0.05, 0.1) is 34.2 Å². The summed E-state index contributed by atoms with van der Waals surface area (Å²) in [6.45, 7) is 3.43. The van der Waals surface area contributed by atoms with Gasteiger partial charge in [-0.3, -0.25) is 0 Å². The predicted molar refractivity (Wildman–Crippen MR) is 137 cm³/mol. The molecular formula is C27H31ClN4O2. The number of hydrogen-bond acceptors (Lipinski definition) is 4. The van der Waals surface area contributed by atoms with Gasteiger partial charge in [0.1, 0.15) is 5.82 Å². The monoisotopic (exact) mass is 478 g/mol. The number of unbranched alkanes of at least 4 members (excludes halogenated alkanes) is 1. The van der Waals surface area contributed by atoms with Crippen molar-refractivity contribution in [2.75, 3.05) is 27.2 Å². The number of likely N-dealkylation sites (tertiary alicyclic amines) is 1. The van der Waals surface area contributed by atoms with Crippen LogP contribution in [-0.4, -0.2) is 52.7 Å². The number of benzene rings is 2. The number of methoxy groups -OCH3 is 1. The maximum absolute atomic E-state index is 11.9. The first-order valence-corrected chi connectivity index (χ1v) is 12.5. The van der Waals surface area contributed by atoms with E-state index in [-0.39, 0.29) is 5.97 Å². The first-order chi connectivity index (χ1) is 16.5. The molecule has 1 aliphatic heterocycles. The highest BCUT2D eigenvalue weighted by molar-refractivity contribution is 6.36. The van der Waals surface area contributed by atoms with E-state index in [1.165, 1.54) is 45.9 Å². The van der Waals surface area contributed by atoms with Crippen LogP contribution in [0.15, 0.2) is 42.6 Å². The molecule has 0 amide bonds. The van der Waals surface area contributed by atoms with Crippen molar-refractivity contribution in [3.05, 3.63) is 53.2 Å². The lowest BCUT2D eigenvalue weighted by molar-refractivity contribution is 0.0601. The van der Waals surface area contributed by atoms with Gasteiger partial charge in [0.25, 0.3) is 0 Å². The summed E-state index contributed by atoms with van der Waals surface area (Å²) in [4.78, 5) is 22.4. The highest BCUT2D eigenvalue weighted by atomic mass is 35.5. The molecule has 1 aliphatic rings. The molecule has 0 atom stereocenters. The van der Waals surface area contributed by atoms with Crippen LogP contribution < -0.4 is 0 Å². The average Bonchev–Trinajstić information content (AvgIpc) is 3.43. The van der Waals surface area contributed by atoms with Crippen LogP contribution in [0.2, 0.25) is 5.02 Å². The number of hydrogen-bond donors (Lipinski definition) is 1. The number of fused-ring (bicyclic) bond motifs is 2. The van der Waals surface area contributed by atoms with Crippen molar-refractivity contribution in [2.45, 2.75) is 38.6 Å². The van der Waals surface area contributed by atoms with Crippen molar-refractivity contribution in [3.8, 4) is 11.4 Å². The third kappa shape index (κ3) is 4.57. The Morgan fingerprint density at radius 3 is 2.82 bits per heavy atom. The number of piperidine rings is 1. The average molecular weight is 479 g/mol. The summed E-state index contributed by atoms with van der Waals surface area (Å²) in [5.41, 5.74) is 4.16. The molecule has 0 saturated carbocycles. The maximum Gasteiger partial charge on any atom is 0.337 e. The Hall–Kier alpha value is -2.83. The number of halogens is 1. The third-order valence-corrected chi connectivity index (χ3v) is 7.40. The number of carbonyl (C=O) groups is 1. The topological polar surface area (TPSA) is 63.1 Å². The van der Waals surface area contributed by atoms with Gasteiger partial charge in [-0.25, -0.2) is 9.78 Å². The number of aryl methyl sites for hydroxylation is 1. The fraction of sp³-hybridized carbons (Fsp3) is 0.407. The van der Waals surface area contributed by atoms with Crippen LogP contribution in [0.1, 0.15) is 42.5 Å². The standard InChI is InChI=1S/C27H31ClN4O2/c1-31-14-11-18(12-15-31)6-3-4-13-32-17-21(28)25-20(7-5-8-24(25)32)26-29-22-10-9-19(27(33)34-2)16-23(22)30-26/h5,7-10,16-18H,3-4,6,11-15H2,1-2H3,(H,29,30).